The van der Waals surface area contributed by atoms with E-state index >= 15 is 0 Å². The van der Waals surface area contributed by atoms with Crippen LogP contribution in [0.5, 0.6) is 0 Å². The first-order chi connectivity index (χ1) is 10.7. The molecule has 2 rings (SSSR count). The molecule has 6 heteroatoms. The molecule has 0 aromatic carbocycles. The van der Waals surface area contributed by atoms with Gasteiger partial charge in [-0.2, -0.15) is 0 Å². The molecule has 1 saturated heterocycles. The van der Waals surface area contributed by atoms with Crippen LogP contribution in [0.1, 0.15) is 19.0 Å². The summed E-state index contributed by atoms with van der Waals surface area (Å²) in [7, 11) is 0. The summed E-state index contributed by atoms with van der Waals surface area (Å²) in [6.07, 6.45) is 0.948. The van der Waals surface area contributed by atoms with Gasteiger partial charge in [0.1, 0.15) is 5.25 Å². The molecule has 1 aromatic heterocycles. The fourth-order valence-corrected chi connectivity index (χ4v) is 3.40. The number of hydrogen-bond acceptors (Lipinski definition) is 5. The number of nitrogens with one attached hydrogen (secondary N) is 1. The van der Waals surface area contributed by atoms with Crippen LogP contribution in [-0.4, -0.2) is 60.4 Å². The normalized spacial score (nSPS) is 17.2. The van der Waals surface area contributed by atoms with E-state index in [1.807, 2.05) is 25.1 Å². The molecule has 1 aliphatic rings. The Morgan fingerprint density at radius 3 is 2.91 bits per heavy atom. The molecule has 1 aromatic rings. The molecule has 0 aliphatic carbocycles. The number of aryl methyl sites for hydroxylation is 1. The number of hydrogen-bond donors (Lipinski definition) is 1. The number of morpholine rings is 1. The third-order valence-corrected chi connectivity index (χ3v) is 4.61. The number of ether oxygens (including phenoxy) is 1. The van der Waals surface area contributed by atoms with Gasteiger partial charge in [0.05, 0.1) is 18.2 Å². The fourth-order valence-electron chi connectivity index (χ4n) is 2.28. The van der Waals surface area contributed by atoms with Crippen LogP contribution in [-0.2, 0) is 9.53 Å². The van der Waals surface area contributed by atoms with Crippen molar-refractivity contribution < 1.29 is 9.53 Å². The molecule has 1 unspecified atom stereocenters. The Balaban J connectivity index is 2.01. The second-order valence-electron chi connectivity index (χ2n) is 5.43. The first-order valence-electron chi connectivity index (χ1n) is 7.87. The smallest absolute Gasteiger partial charge is 0.234 e. The average Bonchev–Trinajstić information content (AvgIpc) is 2.53. The maximum absolute atomic E-state index is 12.4. The summed E-state index contributed by atoms with van der Waals surface area (Å²) < 4.78 is 5.38. The second-order valence-corrected chi connectivity index (χ2v) is 6.65. The summed E-state index contributed by atoms with van der Waals surface area (Å²) in [4.78, 5) is 19.3. The zero-order valence-corrected chi connectivity index (χ0v) is 14.2. The standard InChI is InChI=1S/C16H25N3O2S/c1-3-7-17-16(20)14(12-19-8-10-21-11-9-19)22-15-6-4-5-13(2)18-15/h4-6,14H,3,7-12H2,1-2H3,(H,17,20). The third-order valence-electron chi connectivity index (χ3n) is 3.50. The van der Waals surface area contributed by atoms with Crippen LogP contribution in [0, 0.1) is 6.92 Å². The minimum atomic E-state index is -0.140. The lowest BCUT2D eigenvalue weighted by atomic mass is 10.3. The lowest BCUT2D eigenvalue weighted by Gasteiger charge is -2.29. The van der Waals surface area contributed by atoms with Crippen molar-refractivity contribution >= 4 is 17.7 Å². The van der Waals surface area contributed by atoms with Crippen molar-refractivity contribution in [2.45, 2.75) is 30.5 Å². The third kappa shape index (κ3) is 5.59. The van der Waals surface area contributed by atoms with Gasteiger partial charge >= 0.3 is 0 Å². The molecule has 1 atom stereocenters. The summed E-state index contributed by atoms with van der Waals surface area (Å²) in [6, 6.07) is 5.93. The van der Waals surface area contributed by atoms with E-state index in [0.717, 1.165) is 56.5 Å². The van der Waals surface area contributed by atoms with Crippen LogP contribution in [0.4, 0.5) is 0 Å². The number of pyridine rings is 1. The van der Waals surface area contributed by atoms with Crippen LogP contribution in [0.2, 0.25) is 0 Å². The highest BCUT2D eigenvalue weighted by atomic mass is 32.2. The minimum absolute atomic E-state index is 0.0987. The van der Waals surface area contributed by atoms with Crippen LogP contribution in [0.25, 0.3) is 0 Å². The van der Waals surface area contributed by atoms with Crippen molar-refractivity contribution in [2.24, 2.45) is 0 Å². The van der Waals surface area contributed by atoms with E-state index in [9.17, 15) is 4.79 Å². The van der Waals surface area contributed by atoms with E-state index in [1.54, 1.807) is 11.8 Å². The number of nitrogens with zero attached hydrogens (tertiary/aromatic N) is 2. The molecular weight excluding hydrogens is 298 g/mol. The molecular formula is C16H25N3O2S. The summed E-state index contributed by atoms with van der Waals surface area (Å²) in [5.74, 6) is 0.0987. The molecule has 5 nitrogen and oxygen atoms in total. The average molecular weight is 323 g/mol. The number of amides is 1. The lowest BCUT2D eigenvalue weighted by molar-refractivity contribution is -0.121. The highest BCUT2D eigenvalue weighted by Gasteiger charge is 2.24. The largest absolute Gasteiger partial charge is 0.379 e. The zero-order valence-electron chi connectivity index (χ0n) is 13.4. The van der Waals surface area contributed by atoms with E-state index in [0.29, 0.717) is 0 Å². The Labute approximate surface area is 136 Å². The monoisotopic (exact) mass is 323 g/mol. The van der Waals surface area contributed by atoms with Crippen LogP contribution in [0.15, 0.2) is 23.2 Å². The van der Waals surface area contributed by atoms with Crippen LogP contribution in [0.3, 0.4) is 0 Å². The van der Waals surface area contributed by atoms with Gasteiger partial charge in [-0.25, -0.2) is 4.98 Å². The van der Waals surface area contributed by atoms with Gasteiger partial charge in [-0.15, -0.1) is 0 Å². The maximum atomic E-state index is 12.4. The van der Waals surface area contributed by atoms with Crippen molar-refractivity contribution in [1.29, 1.82) is 0 Å². The van der Waals surface area contributed by atoms with Crippen molar-refractivity contribution in [3.63, 3.8) is 0 Å². The number of carbonyl (C=O) groups excluding carboxylic acids is 1. The van der Waals surface area contributed by atoms with Crippen LogP contribution >= 0.6 is 11.8 Å². The predicted octanol–water partition coefficient (Wildman–Crippen LogP) is 1.71. The Morgan fingerprint density at radius 2 is 2.23 bits per heavy atom. The number of carbonyl (C=O) groups is 1. The molecule has 1 fully saturated rings. The first kappa shape index (κ1) is 17.2. The van der Waals surface area contributed by atoms with Gasteiger partial charge in [-0.1, -0.05) is 24.8 Å². The highest BCUT2D eigenvalue weighted by Crippen LogP contribution is 2.23. The molecule has 122 valence electrons. The first-order valence-corrected chi connectivity index (χ1v) is 8.75. The molecule has 1 N–H and O–H groups in total. The lowest BCUT2D eigenvalue weighted by Crippen LogP contribution is -2.45. The summed E-state index contributed by atoms with van der Waals surface area (Å²) in [5, 5.41) is 3.78. The summed E-state index contributed by atoms with van der Waals surface area (Å²) >= 11 is 1.55. The van der Waals surface area contributed by atoms with Gasteiger partial charge in [0.2, 0.25) is 5.91 Å². The van der Waals surface area contributed by atoms with Crippen molar-refractivity contribution in [1.82, 2.24) is 15.2 Å². The van der Waals surface area contributed by atoms with Crippen molar-refractivity contribution in [2.75, 3.05) is 39.4 Å². The second kappa shape index (κ2) is 9.12. The SMILES string of the molecule is CCCNC(=O)C(CN1CCOCC1)Sc1cccc(C)n1. The van der Waals surface area contributed by atoms with E-state index in [-0.39, 0.29) is 11.2 Å². The summed E-state index contributed by atoms with van der Waals surface area (Å²) in [5.41, 5.74) is 0.976. The molecule has 2 heterocycles. The molecule has 0 radical (unpaired) electrons. The summed E-state index contributed by atoms with van der Waals surface area (Å²) in [6.45, 7) is 8.76. The Kier molecular flexibility index (Phi) is 7.15. The topological polar surface area (TPSA) is 54.5 Å². The molecule has 1 aliphatic heterocycles. The van der Waals surface area contributed by atoms with Gasteiger partial charge in [-0.3, -0.25) is 9.69 Å². The molecule has 0 bridgehead atoms. The number of rotatable bonds is 7. The van der Waals surface area contributed by atoms with E-state index in [4.69, 9.17) is 4.74 Å². The molecule has 0 saturated carbocycles. The van der Waals surface area contributed by atoms with Gasteiger partial charge < -0.3 is 10.1 Å². The number of aromatic nitrogens is 1. The van der Waals surface area contributed by atoms with Crippen LogP contribution < -0.4 is 5.32 Å². The Morgan fingerprint density at radius 1 is 1.45 bits per heavy atom. The molecule has 22 heavy (non-hydrogen) atoms. The van der Waals surface area contributed by atoms with Gasteiger partial charge in [0.15, 0.2) is 0 Å². The van der Waals surface area contributed by atoms with E-state index in [1.165, 1.54) is 0 Å². The fraction of sp³-hybridized carbons (Fsp3) is 0.625. The number of thioether (sulfide) groups is 1. The Bertz CT molecular complexity index is 478. The van der Waals surface area contributed by atoms with Gasteiger partial charge in [0.25, 0.3) is 0 Å². The van der Waals surface area contributed by atoms with Gasteiger partial charge in [0, 0.05) is 31.9 Å². The quantitative estimate of drug-likeness (QED) is 0.774. The van der Waals surface area contributed by atoms with Gasteiger partial charge in [-0.05, 0) is 25.5 Å². The minimum Gasteiger partial charge on any atom is -0.379 e. The van der Waals surface area contributed by atoms with Crippen molar-refractivity contribution in [3.05, 3.63) is 23.9 Å². The molecule has 0 spiro atoms. The predicted molar refractivity (Wildman–Crippen MR) is 89.2 cm³/mol. The highest BCUT2D eigenvalue weighted by molar-refractivity contribution is 8.00. The zero-order chi connectivity index (χ0) is 15.8. The molecule has 1 amide bonds. The maximum Gasteiger partial charge on any atom is 0.234 e. The van der Waals surface area contributed by atoms with E-state index < -0.39 is 0 Å². The Hall–Kier alpha value is -1.11. The van der Waals surface area contributed by atoms with Crippen molar-refractivity contribution in [3.8, 4) is 0 Å². The van der Waals surface area contributed by atoms with E-state index in [2.05, 4.69) is 22.1 Å².